The molecule has 0 saturated carbocycles. The molecule has 0 bridgehead atoms. The van der Waals surface area contributed by atoms with Crippen LogP contribution < -0.4 is 9.47 Å². The summed E-state index contributed by atoms with van der Waals surface area (Å²) in [6.45, 7) is 1.47. The molecule has 0 unspecified atom stereocenters. The third-order valence-electron chi connectivity index (χ3n) is 6.21. The van der Waals surface area contributed by atoms with Crippen molar-refractivity contribution in [2.24, 2.45) is 0 Å². The molecule has 0 saturated heterocycles. The number of benzene rings is 4. The lowest BCUT2D eigenvalue weighted by atomic mass is 9.97. The van der Waals surface area contributed by atoms with Crippen molar-refractivity contribution < 1.29 is 27.0 Å². The smallest absolute Gasteiger partial charge is 0.422 e. The Balaban J connectivity index is 1.34. The lowest BCUT2D eigenvalue weighted by molar-refractivity contribution is -0.153. The van der Waals surface area contributed by atoms with Gasteiger partial charge < -0.3 is 9.47 Å². The van der Waals surface area contributed by atoms with Crippen LogP contribution in [0.3, 0.4) is 0 Å². The zero-order chi connectivity index (χ0) is 26.3. The molecule has 4 rings (SSSR count). The van der Waals surface area contributed by atoms with E-state index in [-0.39, 0.29) is 11.6 Å². The van der Waals surface area contributed by atoms with Crippen molar-refractivity contribution in [2.45, 2.75) is 45.2 Å². The second kappa shape index (κ2) is 12.1. The summed E-state index contributed by atoms with van der Waals surface area (Å²) in [6.07, 6.45) is -0.584. The zero-order valence-electron chi connectivity index (χ0n) is 20.8. The van der Waals surface area contributed by atoms with Crippen molar-refractivity contribution in [3.63, 3.8) is 0 Å². The van der Waals surface area contributed by atoms with E-state index >= 15 is 4.39 Å². The van der Waals surface area contributed by atoms with Crippen molar-refractivity contribution in [3.05, 3.63) is 107 Å². The molecule has 0 heterocycles. The fourth-order valence-corrected chi connectivity index (χ4v) is 4.19. The number of hydrogen-bond donors (Lipinski definition) is 0. The van der Waals surface area contributed by atoms with E-state index in [4.69, 9.17) is 9.47 Å². The van der Waals surface area contributed by atoms with Gasteiger partial charge in [0.2, 0.25) is 0 Å². The van der Waals surface area contributed by atoms with Crippen LogP contribution in [0.15, 0.2) is 78.9 Å². The predicted molar refractivity (Wildman–Crippen MR) is 139 cm³/mol. The van der Waals surface area contributed by atoms with Gasteiger partial charge in [0.1, 0.15) is 17.3 Å². The molecule has 0 N–H and O–H groups in total. The van der Waals surface area contributed by atoms with Gasteiger partial charge in [0, 0.05) is 5.39 Å². The maximum Gasteiger partial charge on any atom is 0.422 e. The van der Waals surface area contributed by atoms with Crippen molar-refractivity contribution in [1.82, 2.24) is 0 Å². The summed E-state index contributed by atoms with van der Waals surface area (Å²) >= 11 is 0. The van der Waals surface area contributed by atoms with Crippen molar-refractivity contribution in [2.75, 3.05) is 13.2 Å². The Morgan fingerprint density at radius 2 is 1.22 bits per heavy atom. The van der Waals surface area contributed by atoms with Crippen LogP contribution in [0.25, 0.3) is 10.8 Å². The summed E-state index contributed by atoms with van der Waals surface area (Å²) in [5.41, 5.74) is 3.89. The minimum Gasteiger partial charge on any atom is -0.494 e. The minimum atomic E-state index is -4.37. The maximum absolute atomic E-state index is 15.2. The van der Waals surface area contributed by atoms with Crippen LogP contribution in [0.2, 0.25) is 0 Å². The van der Waals surface area contributed by atoms with Gasteiger partial charge in [0.25, 0.3) is 0 Å². The van der Waals surface area contributed by atoms with Gasteiger partial charge >= 0.3 is 6.18 Å². The molecule has 0 atom stereocenters. The second-order valence-corrected chi connectivity index (χ2v) is 9.13. The molecule has 0 fully saturated rings. The molecular weight excluding hydrogens is 480 g/mol. The van der Waals surface area contributed by atoms with Gasteiger partial charge in [0.15, 0.2) is 6.61 Å². The van der Waals surface area contributed by atoms with Gasteiger partial charge in [-0.25, -0.2) is 4.39 Å². The molecule has 2 nitrogen and oxygen atoms in total. The first-order valence-electron chi connectivity index (χ1n) is 12.5. The highest BCUT2D eigenvalue weighted by Crippen LogP contribution is 2.25. The number of alkyl halides is 3. The van der Waals surface area contributed by atoms with E-state index in [1.165, 1.54) is 17.7 Å². The van der Waals surface area contributed by atoms with Gasteiger partial charge in [-0.05, 0) is 84.0 Å². The van der Waals surface area contributed by atoms with Crippen LogP contribution in [-0.2, 0) is 25.7 Å². The molecular formula is C31H30F4O2. The molecule has 0 aliphatic rings. The fourth-order valence-electron chi connectivity index (χ4n) is 4.19. The lowest BCUT2D eigenvalue weighted by Crippen LogP contribution is -2.19. The molecule has 4 aromatic carbocycles. The monoisotopic (exact) mass is 510 g/mol. The van der Waals surface area contributed by atoms with Crippen LogP contribution in [0.5, 0.6) is 11.5 Å². The Labute approximate surface area is 214 Å². The molecule has 6 heteroatoms. The van der Waals surface area contributed by atoms with E-state index in [2.05, 4.69) is 19.1 Å². The van der Waals surface area contributed by atoms with E-state index < -0.39 is 12.8 Å². The van der Waals surface area contributed by atoms with Crippen molar-refractivity contribution in [1.29, 1.82) is 0 Å². The minimum absolute atomic E-state index is 0.159. The summed E-state index contributed by atoms with van der Waals surface area (Å²) in [7, 11) is 0. The molecule has 0 aliphatic heterocycles. The van der Waals surface area contributed by atoms with Crippen molar-refractivity contribution in [3.8, 4) is 11.5 Å². The highest BCUT2D eigenvalue weighted by Gasteiger charge is 2.28. The molecule has 0 spiro atoms. The first kappa shape index (κ1) is 26.5. The van der Waals surface area contributed by atoms with E-state index in [9.17, 15) is 13.2 Å². The third-order valence-corrected chi connectivity index (χ3v) is 6.21. The van der Waals surface area contributed by atoms with Crippen LogP contribution >= 0.6 is 0 Å². The van der Waals surface area contributed by atoms with E-state index in [0.29, 0.717) is 30.4 Å². The molecule has 0 amide bonds. The quantitative estimate of drug-likeness (QED) is 0.189. The summed E-state index contributed by atoms with van der Waals surface area (Å²) < 4.78 is 62.5. The summed E-state index contributed by atoms with van der Waals surface area (Å²) in [5, 5.41) is 1.46. The standard InChI is InChI=1S/C31H30F4O2/c1-2-19-36-27-14-6-22(7-15-27)3-4-24-10-18-29-26(20-24)13-12-25(30(29)32)11-5-23-8-16-28(17-9-23)37-21-31(33,34)35/h6-10,12-18,20H,2-5,11,19,21H2,1H3. The van der Waals surface area contributed by atoms with E-state index in [1.807, 2.05) is 42.5 Å². The average Bonchev–Trinajstić information content (AvgIpc) is 2.90. The third kappa shape index (κ3) is 7.72. The first-order valence-corrected chi connectivity index (χ1v) is 12.5. The lowest BCUT2D eigenvalue weighted by Gasteiger charge is -2.11. The summed E-state index contributed by atoms with van der Waals surface area (Å²) in [4.78, 5) is 0. The number of halogens is 4. The largest absolute Gasteiger partial charge is 0.494 e. The SMILES string of the molecule is CCCOc1ccc(CCc2ccc3c(F)c(CCc4ccc(OCC(F)(F)F)cc4)ccc3c2)cc1. The molecule has 4 aromatic rings. The Morgan fingerprint density at radius 1 is 0.649 bits per heavy atom. The van der Waals surface area contributed by atoms with Crippen LogP contribution in [0.1, 0.15) is 35.6 Å². The van der Waals surface area contributed by atoms with Gasteiger partial charge in [0.05, 0.1) is 6.61 Å². The Bertz CT molecular complexity index is 1300. The zero-order valence-corrected chi connectivity index (χ0v) is 20.8. The highest BCUT2D eigenvalue weighted by molar-refractivity contribution is 5.84. The fraction of sp³-hybridized carbons (Fsp3) is 0.290. The Morgan fingerprint density at radius 3 is 1.84 bits per heavy atom. The molecule has 0 aliphatic carbocycles. The average molecular weight is 511 g/mol. The van der Waals surface area contributed by atoms with E-state index in [1.54, 1.807) is 12.1 Å². The van der Waals surface area contributed by atoms with Gasteiger partial charge in [-0.1, -0.05) is 61.5 Å². The topological polar surface area (TPSA) is 18.5 Å². The molecule has 194 valence electrons. The van der Waals surface area contributed by atoms with Crippen LogP contribution in [0.4, 0.5) is 17.6 Å². The maximum atomic E-state index is 15.2. The van der Waals surface area contributed by atoms with Crippen LogP contribution in [-0.4, -0.2) is 19.4 Å². The number of hydrogen-bond acceptors (Lipinski definition) is 2. The Kier molecular flexibility index (Phi) is 8.70. The number of fused-ring (bicyclic) bond motifs is 1. The normalized spacial score (nSPS) is 11.6. The molecule has 37 heavy (non-hydrogen) atoms. The van der Waals surface area contributed by atoms with Crippen molar-refractivity contribution >= 4 is 10.8 Å². The summed E-state index contributed by atoms with van der Waals surface area (Å²) in [6, 6.07) is 24.2. The second-order valence-electron chi connectivity index (χ2n) is 9.13. The number of aryl methyl sites for hydroxylation is 4. The Hall–Kier alpha value is -3.54. The van der Waals surface area contributed by atoms with Crippen LogP contribution in [0, 0.1) is 5.82 Å². The van der Waals surface area contributed by atoms with Gasteiger partial charge in [-0.2, -0.15) is 13.2 Å². The number of rotatable bonds is 11. The summed E-state index contributed by atoms with van der Waals surface area (Å²) in [5.74, 6) is 0.818. The number of ether oxygens (including phenoxy) is 2. The van der Waals surface area contributed by atoms with E-state index in [0.717, 1.165) is 41.5 Å². The highest BCUT2D eigenvalue weighted by atomic mass is 19.4. The van der Waals surface area contributed by atoms with Gasteiger partial charge in [-0.3, -0.25) is 0 Å². The molecule has 0 aromatic heterocycles. The molecule has 0 radical (unpaired) electrons. The predicted octanol–water partition coefficient (Wildman–Crippen LogP) is 8.28. The first-order chi connectivity index (χ1) is 17.8. The van der Waals surface area contributed by atoms with Gasteiger partial charge in [-0.15, -0.1) is 0 Å².